The van der Waals surface area contributed by atoms with E-state index in [0.717, 1.165) is 29.1 Å². The second kappa shape index (κ2) is 12.9. The van der Waals surface area contributed by atoms with Crippen molar-refractivity contribution in [2.75, 3.05) is 31.6 Å². The summed E-state index contributed by atoms with van der Waals surface area (Å²) < 4.78 is 7.74. The summed E-state index contributed by atoms with van der Waals surface area (Å²) in [6.07, 6.45) is 0. The summed E-state index contributed by atoms with van der Waals surface area (Å²) in [5.74, 6) is 0.934. The van der Waals surface area contributed by atoms with Gasteiger partial charge in [-0.2, -0.15) is 5.10 Å². The molecule has 2 amide bonds. The maximum atomic E-state index is 12.9. The first-order valence-corrected chi connectivity index (χ1v) is 12.5. The van der Waals surface area contributed by atoms with Gasteiger partial charge in [0.05, 0.1) is 19.7 Å². The smallest absolute Gasteiger partial charge is 0.276 e. The van der Waals surface area contributed by atoms with Gasteiger partial charge in [-0.25, -0.2) is 0 Å². The summed E-state index contributed by atoms with van der Waals surface area (Å²) in [7, 11) is 0. The zero-order chi connectivity index (χ0) is 25.7. The fourth-order valence-electron chi connectivity index (χ4n) is 3.98. The Morgan fingerprint density at radius 3 is 2.62 bits per heavy atom. The minimum atomic E-state index is -0.278. The van der Waals surface area contributed by atoms with Crippen LogP contribution in [0.2, 0.25) is 5.02 Å². The number of carbonyl (C=O) groups is 2. The molecule has 1 aromatic heterocycles. The summed E-state index contributed by atoms with van der Waals surface area (Å²) >= 11 is 6.23. The number of nitrogens with one attached hydrogen (secondary N) is 2. The maximum absolute atomic E-state index is 12.9. The first-order valence-electron chi connectivity index (χ1n) is 12.1. The minimum absolute atomic E-state index is 0. The van der Waals surface area contributed by atoms with E-state index in [1.807, 2.05) is 49.4 Å². The highest BCUT2D eigenvalue weighted by atomic mass is 35.5. The van der Waals surface area contributed by atoms with Crippen molar-refractivity contribution >= 4 is 41.5 Å². The molecule has 0 saturated carbocycles. The predicted molar refractivity (Wildman–Crippen MR) is 148 cm³/mol. The van der Waals surface area contributed by atoms with Crippen LogP contribution in [0, 0.1) is 12.8 Å². The zero-order valence-corrected chi connectivity index (χ0v) is 22.9. The van der Waals surface area contributed by atoms with Crippen LogP contribution in [-0.2, 0) is 17.9 Å². The molecule has 0 unspecified atom stereocenters. The van der Waals surface area contributed by atoms with Crippen LogP contribution in [0.15, 0.2) is 48.5 Å². The highest BCUT2D eigenvalue weighted by Crippen LogP contribution is 2.25. The van der Waals surface area contributed by atoms with E-state index in [1.54, 1.807) is 10.7 Å². The van der Waals surface area contributed by atoms with E-state index in [2.05, 4.69) is 34.5 Å². The molecule has 10 heteroatoms. The third-order valence-corrected chi connectivity index (χ3v) is 6.10. The Kier molecular flexibility index (Phi) is 9.97. The number of hydrogen-bond donors (Lipinski definition) is 2. The standard InChI is InChI=1S/C27H32ClN5O3.ClH/c1-18(2)17-36-25-9-6-22(28)13-21(25)15-33-19(3)12-24(31-33)27(35)30-23-7-4-20(5-8-23)14-32-11-10-29-26(34)16-32;/h4-9,12-13,18H,10-11,14-17H2,1-3H3,(H,29,34)(H,30,35);1H. The van der Waals surface area contributed by atoms with Crippen LogP contribution in [0.1, 0.15) is 41.2 Å². The second-order valence-corrected chi connectivity index (χ2v) is 9.93. The molecule has 198 valence electrons. The number of ether oxygens (including phenoxy) is 1. The highest BCUT2D eigenvalue weighted by Gasteiger charge is 2.17. The van der Waals surface area contributed by atoms with Gasteiger partial charge in [0.2, 0.25) is 5.91 Å². The fraction of sp³-hybridized carbons (Fsp3) is 0.370. The average molecular weight is 546 g/mol. The molecule has 0 bridgehead atoms. The Morgan fingerprint density at radius 2 is 1.92 bits per heavy atom. The van der Waals surface area contributed by atoms with Crippen molar-refractivity contribution in [2.24, 2.45) is 5.92 Å². The Bertz CT molecular complexity index is 1230. The quantitative estimate of drug-likeness (QED) is 0.412. The van der Waals surface area contributed by atoms with Gasteiger partial charge in [0.15, 0.2) is 5.69 Å². The van der Waals surface area contributed by atoms with E-state index in [1.165, 1.54) is 0 Å². The van der Waals surface area contributed by atoms with Crippen molar-refractivity contribution in [1.29, 1.82) is 0 Å². The van der Waals surface area contributed by atoms with Gasteiger partial charge in [0.1, 0.15) is 5.75 Å². The van der Waals surface area contributed by atoms with Gasteiger partial charge < -0.3 is 15.4 Å². The molecule has 0 radical (unpaired) electrons. The topological polar surface area (TPSA) is 88.5 Å². The van der Waals surface area contributed by atoms with Crippen molar-refractivity contribution in [1.82, 2.24) is 20.0 Å². The largest absolute Gasteiger partial charge is 0.493 e. The molecule has 2 aromatic carbocycles. The number of benzene rings is 2. The number of rotatable bonds is 9. The van der Waals surface area contributed by atoms with Crippen molar-refractivity contribution < 1.29 is 14.3 Å². The first-order chi connectivity index (χ1) is 17.3. The van der Waals surface area contributed by atoms with Crippen molar-refractivity contribution in [3.63, 3.8) is 0 Å². The van der Waals surface area contributed by atoms with Gasteiger partial charge in [-0.05, 0) is 54.8 Å². The number of hydrogen-bond acceptors (Lipinski definition) is 5. The molecule has 1 aliphatic heterocycles. The Labute approximate surface area is 228 Å². The Hall–Kier alpha value is -3.07. The van der Waals surface area contributed by atoms with Gasteiger partial charge >= 0.3 is 0 Å². The lowest BCUT2D eigenvalue weighted by molar-refractivity contribution is -0.124. The molecule has 1 aliphatic rings. The summed E-state index contributed by atoms with van der Waals surface area (Å²) in [6.45, 7) is 9.75. The summed E-state index contributed by atoms with van der Waals surface area (Å²) in [5.41, 5.74) is 3.87. The number of halogens is 2. The van der Waals surface area contributed by atoms with E-state index in [4.69, 9.17) is 16.3 Å². The second-order valence-electron chi connectivity index (χ2n) is 9.50. The van der Waals surface area contributed by atoms with Gasteiger partial charge in [-0.15, -0.1) is 12.4 Å². The lowest BCUT2D eigenvalue weighted by Crippen LogP contribution is -2.47. The highest BCUT2D eigenvalue weighted by molar-refractivity contribution is 6.30. The normalized spacial score (nSPS) is 13.7. The van der Waals surface area contributed by atoms with Crippen LogP contribution in [0.3, 0.4) is 0 Å². The number of anilines is 1. The summed E-state index contributed by atoms with van der Waals surface area (Å²) in [6, 6.07) is 15.0. The molecule has 2 N–H and O–H groups in total. The van der Waals surface area contributed by atoms with Gasteiger partial charge in [-0.1, -0.05) is 37.6 Å². The lowest BCUT2D eigenvalue weighted by atomic mass is 10.2. The minimum Gasteiger partial charge on any atom is -0.493 e. The van der Waals surface area contributed by atoms with Crippen molar-refractivity contribution in [3.8, 4) is 5.75 Å². The molecule has 0 aliphatic carbocycles. The molecular formula is C27H33Cl2N5O3. The number of aryl methyl sites for hydroxylation is 1. The van der Waals surface area contributed by atoms with Gasteiger partial charge in [-0.3, -0.25) is 19.2 Å². The van der Waals surface area contributed by atoms with E-state index < -0.39 is 0 Å². The lowest BCUT2D eigenvalue weighted by Gasteiger charge is -2.26. The third kappa shape index (κ3) is 7.95. The number of piperazine rings is 1. The zero-order valence-electron chi connectivity index (χ0n) is 21.3. The molecule has 1 saturated heterocycles. The molecular weight excluding hydrogens is 513 g/mol. The Morgan fingerprint density at radius 1 is 1.16 bits per heavy atom. The van der Waals surface area contributed by atoms with Crippen molar-refractivity contribution in [2.45, 2.75) is 33.9 Å². The SMILES string of the molecule is Cc1cc(C(=O)Nc2ccc(CN3CCNC(=O)C3)cc2)nn1Cc1cc(Cl)ccc1OCC(C)C.Cl. The van der Waals surface area contributed by atoms with Crippen molar-refractivity contribution in [3.05, 3.63) is 76.1 Å². The molecule has 2 heterocycles. The van der Waals surface area contributed by atoms with E-state index in [0.29, 0.717) is 55.1 Å². The third-order valence-electron chi connectivity index (χ3n) is 5.86. The monoisotopic (exact) mass is 545 g/mol. The van der Waals surface area contributed by atoms with Crippen LogP contribution < -0.4 is 15.4 Å². The van der Waals surface area contributed by atoms with E-state index in [9.17, 15) is 9.59 Å². The van der Waals surface area contributed by atoms with Crippen LogP contribution in [0.25, 0.3) is 0 Å². The predicted octanol–water partition coefficient (Wildman–Crippen LogP) is 4.53. The number of nitrogens with zero attached hydrogens (tertiary/aromatic N) is 3. The number of amides is 2. The molecule has 8 nitrogen and oxygen atoms in total. The van der Waals surface area contributed by atoms with Gasteiger partial charge in [0.25, 0.3) is 5.91 Å². The maximum Gasteiger partial charge on any atom is 0.276 e. The molecule has 4 rings (SSSR count). The molecule has 1 fully saturated rings. The van der Waals surface area contributed by atoms with Gasteiger partial charge in [0, 0.05) is 41.6 Å². The number of aromatic nitrogens is 2. The average Bonchev–Trinajstić information content (AvgIpc) is 3.20. The molecule has 0 spiro atoms. The molecule has 0 atom stereocenters. The fourth-order valence-corrected chi connectivity index (χ4v) is 4.18. The summed E-state index contributed by atoms with van der Waals surface area (Å²) in [4.78, 5) is 26.5. The van der Waals surface area contributed by atoms with Crippen LogP contribution >= 0.6 is 24.0 Å². The molecule has 37 heavy (non-hydrogen) atoms. The van der Waals surface area contributed by atoms with E-state index >= 15 is 0 Å². The molecule has 3 aromatic rings. The summed E-state index contributed by atoms with van der Waals surface area (Å²) in [5, 5.41) is 10.9. The number of carbonyl (C=O) groups excluding carboxylic acids is 2. The Balaban J connectivity index is 0.00000380. The van der Waals surface area contributed by atoms with E-state index in [-0.39, 0.29) is 24.2 Å². The van der Waals surface area contributed by atoms with Crippen LogP contribution in [0.4, 0.5) is 5.69 Å². The van der Waals surface area contributed by atoms with Crippen LogP contribution in [0.5, 0.6) is 5.75 Å². The van der Waals surface area contributed by atoms with Crippen LogP contribution in [-0.4, -0.2) is 52.7 Å². The first kappa shape index (κ1) is 28.5.